The minimum Gasteiger partial charge on any atom is -0.277 e. The van der Waals surface area contributed by atoms with Gasteiger partial charge in [0.2, 0.25) is 11.8 Å². The Balaban J connectivity index is 1.80. The third-order valence-electron chi connectivity index (χ3n) is 3.54. The summed E-state index contributed by atoms with van der Waals surface area (Å²) in [5.41, 5.74) is -0.379. The van der Waals surface area contributed by atoms with E-state index in [1.165, 1.54) is 4.90 Å². The Bertz CT molecular complexity index is 508. The molecule has 2 saturated heterocycles. The fourth-order valence-corrected chi connectivity index (χ4v) is 5.44. The first-order valence-electron chi connectivity index (χ1n) is 5.77. The molecule has 0 bridgehead atoms. The van der Waals surface area contributed by atoms with Crippen molar-refractivity contribution in [2.75, 3.05) is 11.5 Å². The molecule has 3 nitrogen and oxygen atoms in total. The number of halogens is 1. The summed E-state index contributed by atoms with van der Waals surface area (Å²) in [6, 6.07) is 3.91. The second-order valence-corrected chi connectivity index (χ2v) is 8.40. The molecule has 1 atom stereocenters. The van der Waals surface area contributed by atoms with Gasteiger partial charge in [0.05, 0.1) is 15.7 Å². The number of likely N-dealkylation sites (tertiary alicyclic amines) is 1. The smallest absolute Gasteiger partial charge is 0.237 e. The van der Waals surface area contributed by atoms with Crippen LogP contribution in [0.2, 0.25) is 0 Å². The third kappa shape index (κ3) is 2.04. The number of thioether (sulfide) groups is 1. The number of nitrogens with zero attached hydrogens (tertiary/aromatic N) is 1. The molecule has 1 aromatic rings. The van der Waals surface area contributed by atoms with Gasteiger partial charge in [-0.05, 0) is 40.2 Å². The van der Waals surface area contributed by atoms with E-state index in [-0.39, 0.29) is 17.2 Å². The summed E-state index contributed by atoms with van der Waals surface area (Å²) >= 11 is 6.76. The summed E-state index contributed by atoms with van der Waals surface area (Å²) in [5, 5.41) is 0. The molecule has 0 radical (unpaired) electrons. The predicted molar refractivity (Wildman–Crippen MR) is 76.6 cm³/mol. The van der Waals surface area contributed by atoms with E-state index in [2.05, 4.69) is 15.9 Å². The third-order valence-corrected chi connectivity index (χ3v) is 6.39. The van der Waals surface area contributed by atoms with Crippen LogP contribution < -0.4 is 0 Å². The van der Waals surface area contributed by atoms with Crippen molar-refractivity contribution in [3.8, 4) is 0 Å². The zero-order chi connectivity index (χ0) is 12.8. The number of carbonyl (C=O) groups is 2. The van der Waals surface area contributed by atoms with Gasteiger partial charge in [-0.3, -0.25) is 14.5 Å². The van der Waals surface area contributed by atoms with Gasteiger partial charge in [-0.15, -0.1) is 11.3 Å². The zero-order valence-corrected chi connectivity index (χ0v) is 12.9. The number of imide groups is 1. The van der Waals surface area contributed by atoms with Crippen molar-refractivity contribution in [1.29, 1.82) is 0 Å². The van der Waals surface area contributed by atoms with Gasteiger partial charge in [0.15, 0.2) is 0 Å². The number of thiophene rings is 1. The molecule has 0 aromatic carbocycles. The monoisotopic (exact) mass is 345 g/mol. The van der Waals surface area contributed by atoms with E-state index in [1.54, 1.807) is 23.1 Å². The SMILES string of the molecule is O=C1C[C@@]2(CCSC2)C(=O)N1Cc1ccc(Br)s1. The molecule has 1 aromatic heterocycles. The topological polar surface area (TPSA) is 37.4 Å². The lowest BCUT2D eigenvalue weighted by Gasteiger charge is -2.19. The molecule has 1 spiro atoms. The maximum Gasteiger partial charge on any atom is 0.237 e. The Morgan fingerprint density at radius 2 is 2.22 bits per heavy atom. The highest BCUT2D eigenvalue weighted by molar-refractivity contribution is 9.11. The van der Waals surface area contributed by atoms with E-state index in [0.717, 1.165) is 26.6 Å². The number of rotatable bonds is 2. The van der Waals surface area contributed by atoms with E-state index in [4.69, 9.17) is 0 Å². The van der Waals surface area contributed by atoms with Crippen LogP contribution in [-0.4, -0.2) is 28.2 Å². The first kappa shape index (κ1) is 12.7. The molecule has 0 unspecified atom stereocenters. The fourth-order valence-electron chi connectivity index (χ4n) is 2.53. The first-order valence-corrected chi connectivity index (χ1v) is 8.54. The van der Waals surface area contributed by atoms with Gasteiger partial charge < -0.3 is 0 Å². The van der Waals surface area contributed by atoms with E-state index < -0.39 is 0 Å². The highest BCUT2D eigenvalue weighted by Crippen LogP contribution is 2.45. The molecule has 2 aliphatic rings. The van der Waals surface area contributed by atoms with Crippen LogP contribution in [0.5, 0.6) is 0 Å². The number of hydrogen-bond acceptors (Lipinski definition) is 4. The van der Waals surface area contributed by atoms with E-state index >= 15 is 0 Å². The van der Waals surface area contributed by atoms with E-state index in [9.17, 15) is 9.59 Å². The van der Waals surface area contributed by atoms with Crippen LogP contribution in [-0.2, 0) is 16.1 Å². The lowest BCUT2D eigenvalue weighted by Crippen LogP contribution is -2.35. The summed E-state index contributed by atoms with van der Waals surface area (Å²) < 4.78 is 1.03. The number of hydrogen-bond donors (Lipinski definition) is 0. The van der Waals surface area contributed by atoms with Crippen LogP contribution in [0.25, 0.3) is 0 Å². The van der Waals surface area contributed by atoms with E-state index in [0.29, 0.717) is 13.0 Å². The Labute approximate surface area is 122 Å². The van der Waals surface area contributed by atoms with Gasteiger partial charge in [0.1, 0.15) is 0 Å². The molecule has 2 amide bonds. The Morgan fingerprint density at radius 1 is 1.39 bits per heavy atom. The molecule has 0 N–H and O–H groups in total. The highest BCUT2D eigenvalue weighted by Gasteiger charge is 2.52. The molecule has 0 saturated carbocycles. The van der Waals surface area contributed by atoms with Gasteiger partial charge in [-0.2, -0.15) is 11.8 Å². The first-order chi connectivity index (χ1) is 8.61. The fraction of sp³-hybridized carbons (Fsp3) is 0.500. The molecule has 0 aliphatic carbocycles. The molecular formula is C12H12BrNO2S2. The Morgan fingerprint density at radius 3 is 2.83 bits per heavy atom. The predicted octanol–water partition coefficient (Wildman–Crippen LogP) is 2.89. The second-order valence-electron chi connectivity index (χ2n) is 4.75. The second kappa shape index (κ2) is 4.65. The van der Waals surface area contributed by atoms with Gasteiger partial charge in [-0.1, -0.05) is 0 Å². The van der Waals surface area contributed by atoms with Gasteiger partial charge in [0.25, 0.3) is 0 Å². The molecule has 3 rings (SSSR count). The minimum atomic E-state index is -0.379. The Hall–Kier alpha value is -0.330. The van der Waals surface area contributed by atoms with Crippen molar-refractivity contribution in [2.24, 2.45) is 5.41 Å². The summed E-state index contributed by atoms with van der Waals surface area (Å²) in [6.07, 6.45) is 1.26. The van der Waals surface area contributed by atoms with Crippen molar-refractivity contribution >= 4 is 50.8 Å². The maximum absolute atomic E-state index is 12.4. The van der Waals surface area contributed by atoms with Crippen LogP contribution in [0.15, 0.2) is 15.9 Å². The minimum absolute atomic E-state index is 0.00739. The van der Waals surface area contributed by atoms with Crippen LogP contribution in [0.3, 0.4) is 0 Å². The standard InChI is InChI=1S/C12H12BrNO2S2/c13-9-2-1-8(18-9)6-14-10(15)5-12(11(14)16)3-4-17-7-12/h1-2H,3-7H2/t12-/m1/s1. The number of amides is 2. The molecular weight excluding hydrogens is 334 g/mol. The summed E-state index contributed by atoms with van der Waals surface area (Å²) in [6.45, 7) is 0.431. The van der Waals surface area contributed by atoms with Crippen molar-refractivity contribution in [1.82, 2.24) is 4.90 Å². The molecule has 18 heavy (non-hydrogen) atoms. The van der Waals surface area contributed by atoms with Crippen LogP contribution in [0, 0.1) is 5.41 Å². The van der Waals surface area contributed by atoms with Crippen molar-refractivity contribution in [2.45, 2.75) is 19.4 Å². The molecule has 2 fully saturated rings. The van der Waals surface area contributed by atoms with E-state index in [1.807, 2.05) is 12.1 Å². The van der Waals surface area contributed by atoms with Crippen molar-refractivity contribution < 1.29 is 9.59 Å². The normalized spacial score (nSPS) is 27.7. The maximum atomic E-state index is 12.4. The number of carbonyl (C=O) groups excluding carboxylic acids is 2. The zero-order valence-electron chi connectivity index (χ0n) is 9.65. The summed E-state index contributed by atoms with van der Waals surface area (Å²) in [4.78, 5) is 27.0. The lowest BCUT2D eigenvalue weighted by atomic mass is 9.86. The average molecular weight is 346 g/mol. The van der Waals surface area contributed by atoms with Crippen LogP contribution in [0.4, 0.5) is 0 Å². The molecule has 6 heteroatoms. The quantitative estimate of drug-likeness (QED) is 0.773. The van der Waals surface area contributed by atoms with Crippen LogP contribution >= 0.6 is 39.0 Å². The highest BCUT2D eigenvalue weighted by atomic mass is 79.9. The molecule has 96 valence electrons. The van der Waals surface area contributed by atoms with Gasteiger partial charge in [-0.25, -0.2) is 0 Å². The van der Waals surface area contributed by atoms with Crippen LogP contribution in [0.1, 0.15) is 17.7 Å². The summed E-state index contributed by atoms with van der Waals surface area (Å²) in [7, 11) is 0. The molecule has 2 aliphatic heterocycles. The van der Waals surface area contributed by atoms with Gasteiger partial charge >= 0.3 is 0 Å². The molecule has 3 heterocycles. The Kier molecular flexibility index (Phi) is 3.28. The average Bonchev–Trinajstić information content (AvgIpc) is 2.99. The largest absolute Gasteiger partial charge is 0.277 e. The summed E-state index contributed by atoms with van der Waals surface area (Å²) in [5.74, 6) is 1.84. The lowest BCUT2D eigenvalue weighted by molar-refractivity contribution is -0.141. The van der Waals surface area contributed by atoms with Crippen molar-refractivity contribution in [3.05, 3.63) is 20.8 Å². The van der Waals surface area contributed by atoms with Crippen molar-refractivity contribution in [3.63, 3.8) is 0 Å². The van der Waals surface area contributed by atoms with Gasteiger partial charge in [0, 0.05) is 17.1 Å².